The molecule has 0 aliphatic rings. The molecule has 2 aromatic rings. The lowest BCUT2D eigenvalue weighted by atomic mass is 9.82. The van der Waals surface area contributed by atoms with Crippen LogP contribution in [0.4, 0.5) is 5.69 Å². The number of hydrogen-bond acceptors (Lipinski definition) is 4. The molecule has 0 saturated carbocycles. The van der Waals surface area contributed by atoms with Gasteiger partial charge < -0.3 is 10.1 Å². The molecule has 0 saturated heterocycles. The number of para-hydroxylation sites is 1. The first-order valence-corrected chi connectivity index (χ1v) is 11.9. The number of sulfonamides is 1. The molecule has 0 aliphatic carbocycles. The topological polar surface area (TPSA) is 75.7 Å². The molecule has 1 N–H and O–H groups in total. The predicted molar refractivity (Wildman–Crippen MR) is 125 cm³/mol. The number of amides is 1. The lowest BCUT2D eigenvalue weighted by Crippen LogP contribution is -2.50. The molecule has 2 aromatic carbocycles. The molecule has 0 unspecified atom stereocenters. The average molecular weight is 447 g/mol. The third-order valence-corrected chi connectivity index (χ3v) is 6.29. The Labute approximate surface area is 186 Å². The van der Waals surface area contributed by atoms with Crippen LogP contribution < -0.4 is 14.4 Å². The first kappa shape index (κ1) is 24.7. The quantitative estimate of drug-likeness (QED) is 0.610. The van der Waals surface area contributed by atoms with E-state index in [1.807, 2.05) is 20.8 Å². The maximum Gasteiger partial charge on any atom is 0.264 e. The summed E-state index contributed by atoms with van der Waals surface area (Å²) in [5.74, 6) is 0.238. The smallest absolute Gasteiger partial charge is 0.264 e. The maximum atomic E-state index is 13.4. The van der Waals surface area contributed by atoms with Gasteiger partial charge in [-0.15, -0.1) is 0 Å². The van der Waals surface area contributed by atoms with Crippen molar-refractivity contribution in [1.82, 2.24) is 5.32 Å². The highest BCUT2D eigenvalue weighted by Gasteiger charge is 2.31. The number of ether oxygens (including phenoxy) is 1. The van der Waals surface area contributed by atoms with Gasteiger partial charge in [0.15, 0.2) is 0 Å². The van der Waals surface area contributed by atoms with Gasteiger partial charge >= 0.3 is 0 Å². The summed E-state index contributed by atoms with van der Waals surface area (Å²) in [6.45, 7) is 12.3. The van der Waals surface area contributed by atoms with Gasteiger partial charge in [0, 0.05) is 5.54 Å². The Bertz CT molecular complexity index is 963. The van der Waals surface area contributed by atoms with Crippen LogP contribution >= 0.6 is 0 Å². The fourth-order valence-electron chi connectivity index (χ4n) is 3.83. The molecule has 31 heavy (non-hydrogen) atoms. The molecule has 0 aromatic heterocycles. The van der Waals surface area contributed by atoms with Gasteiger partial charge in [0.05, 0.1) is 17.2 Å². The summed E-state index contributed by atoms with van der Waals surface area (Å²) in [5.41, 5.74) is -0.0228. The summed E-state index contributed by atoms with van der Waals surface area (Å²) in [5, 5.41) is 3.00. The molecule has 7 heteroatoms. The molecular weight excluding hydrogens is 412 g/mol. The molecule has 0 heterocycles. The minimum Gasteiger partial charge on any atom is -0.494 e. The molecule has 0 aliphatic heterocycles. The van der Waals surface area contributed by atoms with E-state index in [9.17, 15) is 13.2 Å². The number of nitrogens with one attached hydrogen (secondary N) is 1. The largest absolute Gasteiger partial charge is 0.494 e. The molecule has 1 amide bonds. The van der Waals surface area contributed by atoms with E-state index in [1.165, 1.54) is 12.1 Å². The third kappa shape index (κ3) is 7.28. The first-order chi connectivity index (χ1) is 14.3. The summed E-state index contributed by atoms with van der Waals surface area (Å²) in [6.07, 6.45) is 0.753. The second kappa shape index (κ2) is 9.73. The van der Waals surface area contributed by atoms with Crippen molar-refractivity contribution in [3.05, 3.63) is 54.6 Å². The second-order valence-corrected chi connectivity index (χ2v) is 11.3. The van der Waals surface area contributed by atoms with Crippen LogP contribution in [0.1, 0.15) is 48.0 Å². The van der Waals surface area contributed by atoms with Gasteiger partial charge in [0.25, 0.3) is 10.0 Å². The Hall–Kier alpha value is -2.54. The molecule has 170 valence electrons. The van der Waals surface area contributed by atoms with Crippen LogP contribution in [0.3, 0.4) is 0 Å². The monoisotopic (exact) mass is 446 g/mol. The van der Waals surface area contributed by atoms with E-state index in [0.29, 0.717) is 18.0 Å². The van der Waals surface area contributed by atoms with E-state index in [-0.39, 0.29) is 22.8 Å². The number of benzene rings is 2. The number of carbonyl (C=O) groups excluding carboxylic acids is 1. The van der Waals surface area contributed by atoms with Crippen molar-refractivity contribution in [2.24, 2.45) is 5.41 Å². The lowest BCUT2D eigenvalue weighted by Gasteiger charge is -2.34. The van der Waals surface area contributed by atoms with E-state index in [1.54, 1.807) is 42.5 Å². The Kier molecular flexibility index (Phi) is 7.76. The zero-order valence-corrected chi connectivity index (χ0v) is 20.1. The van der Waals surface area contributed by atoms with Gasteiger partial charge in [-0.25, -0.2) is 8.42 Å². The van der Waals surface area contributed by atoms with Crippen molar-refractivity contribution in [2.45, 2.75) is 58.4 Å². The number of nitrogens with zero attached hydrogens (tertiary/aromatic N) is 1. The SMILES string of the molecule is CCOc1ccc(S(=O)(=O)N(CC(=O)NC(C)(C)CC(C)(C)C)c2ccccc2)cc1. The summed E-state index contributed by atoms with van der Waals surface area (Å²) in [4.78, 5) is 13.0. The van der Waals surface area contributed by atoms with Gasteiger partial charge in [-0.3, -0.25) is 9.10 Å². The van der Waals surface area contributed by atoms with E-state index in [4.69, 9.17) is 4.74 Å². The molecule has 2 rings (SSSR count). The highest BCUT2D eigenvalue weighted by molar-refractivity contribution is 7.92. The fourth-order valence-corrected chi connectivity index (χ4v) is 5.25. The van der Waals surface area contributed by atoms with Crippen LogP contribution in [0.15, 0.2) is 59.5 Å². The molecular formula is C24H34N2O4S. The minimum atomic E-state index is -3.95. The summed E-state index contributed by atoms with van der Waals surface area (Å²) in [6, 6.07) is 14.9. The van der Waals surface area contributed by atoms with Crippen LogP contribution in [-0.2, 0) is 14.8 Å². The molecule has 0 radical (unpaired) electrons. The number of rotatable bonds is 9. The summed E-state index contributed by atoms with van der Waals surface area (Å²) < 4.78 is 33.4. The van der Waals surface area contributed by atoms with Crippen molar-refractivity contribution >= 4 is 21.6 Å². The van der Waals surface area contributed by atoms with Crippen LogP contribution in [0.5, 0.6) is 5.75 Å². The number of carbonyl (C=O) groups is 1. The van der Waals surface area contributed by atoms with Gasteiger partial charge in [0.2, 0.25) is 5.91 Å². The highest BCUT2D eigenvalue weighted by Crippen LogP contribution is 2.28. The first-order valence-electron chi connectivity index (χ1n) is 10.5. The van der Waals surface area contributed by atoms with Crippen molar-refractivity contribution in [2.75, 3.05) is 17.5 Å². The van der Waals surface area contributed by atoms with Gasteiger partial charge in [-0.05, 0) is 69.0 Å². The molecule has 0 bridgehead atoms. The predicted octanol–water partition coefficient (Wildman–Crippen LogP) is 4.61. The van der Waals surface area contributed by atoms with E-state index in [2.05, 4.69) is 26.1 Å². The van der Waals surface area contributed by atoms with Crippen LogP contribution in [0, 0.1) is 5.41 Å². The van der Waals surface area contributed by atoms with Crippen LogP contribution in [0.25, 0.3) is 0 Å². The van der Waals surface area contributed by atoms with Crippen LogP contribution in [0.2, 0.25) is 0 Å². The van der Waals surface area contributed by atoms with E-state index >= 15 is 0 Å². The van der Waals surface area contributed by atoms with Crippen LogP contribution in [-0.4, -0.2) is 33.0 Å². The molecule has 0 atom stereocenters. The Morgan fingerprint density at radius 2 is 1.55 bits per heavy atom. The molecule has 0 spiro atoms. The second-order valence-electron chi connectivity index (χ2n) is 9.42. The maximum absolute atomic E-state index is 13.4. The fraction of sp³-hybridized carbons (Fsp3) is 0.458. The van der Waals surface area contributed by atoms with Gasteiger partial charge in [0.1, 0.15) is 12.3 Å². The zero-order valence-electron chi connectivity index (χ0n) is 19.3. The van der Waals surface area contributed by atoms with Gasteiger partial charge in [-0.1, -0.05) is 39.0 Å². The minimum absolute atomic E-state index is 0.0181. The Morgan fingerprint density at radius 3 is 2.06 bits per heavy atom. The number of hydrogen-bond donors (Lipinski definition) is 1. The lowest BCUT2D eigenvalue weighted by molar-refractivity contribution is -0.121. The molecule has 0 fully saturated rings. The van der Waals surface area contributed by atoms with Crippen molar-refractivity contribution < 1.29 is 17.9 Å². The number of anilines is 1. The van der Waals surface area contributed by atoms with Gasteiger partial charge in [-0.2, -0.15) is 0 Å². The highest BCUT2D eigenvalue weighted by atomic mass is 32.2. The Morgan fingerprint density at radius 1 is 0.968 bits per heavy atom. The van der Waals surface area contributed by atoms with Crippen molar-refractivity contribution in [1.29, 1.82) is 0 Å². The Balaban J connectivity index is 2.32. The zero-order chi connectivity index (χ0) is 23.3. The van der Waals surface area contributed by atoms with E-state index in [0.717, 1.165) is 10.7 Å². The normalized spacial score (nSPS) is 12.3. The average Bonchev–Trinajstić information content (AvgIpc) is 2.65. The molecule has 6 nitrogen and oxygen atoms in total. The third-order valence-electron chi connectivity index (χ3n) is 4.50. The summed E-state index contributed by atoms with van der Waals surface area (Å²) in [7, 11) is -3.95. The standard InChI is InChI=1S/C24H34N2O4S/c1-7-30-20-13-15-21(16-14-20)31(28,29)26(19-11-9-8-10-12-19)17-22(27)25-24(5,6)18-23(2,3)4/h8-16H,7,17-18H2,1-6H3,(H,25,27). The van der Waals surface area contributed by atoms with Crippen molar-refractivity contribution in [3.8, 4) is 5.75 Å². The van der Waals surface area contributed by atoms with Crippen molar-refractivity contribution in [3.63, 3.8) is 0 Å². The summed E-state index contributed by atoms with van der Waals surface area (Å²) >= 11 is 0. The van der Waals surface area contributed by atoms with E-state index < -0.39 is 15.6 Å².